The minimum Gasteiger partial charge on any atom is -0.406 e. The Labute approximate surface area is 168 Å². The monoisotopic (exact) mass is 424 g/mol. The van der Waals surface area contributed by atoms with E-state index in [2.05, 4.69) is 9.72 Å². The number of para-hydroxylation sites is 1. The van der Waals surface area contributed by atoms with Crippen LogP contribution in [0.4, 0.5) is 13.2 Å². The highest BCUT2D eigenvalue weighted by Gasteiger charge is 2.32. The van der Waals surface area contributed by atoms with E-state index in [0.717, 1.165) is 6.07 Å². The van der Waals surface area contributed by atoms with E-state index < -0.39 is 17.8 Å². The molecule has 3 aromatic rings. The van der Waals surface area contributed by atoms with Crippen molar-refractivity contribution in [3.63, 3.8) is 0 Å². The van der Waals surface area contributed by atoms with Crippen molar-refractivity contribution in [2.45, 2.75) is 31.7 Å². The summed E-state index contributed by atoms with van der Waals surface area (Å²) in [4.78, 5) is 17.0. The van der Waals surface area contributed by atoms with E-state index in [9.17, 15) is 23.1 Å². The molecule has 0 spiro atoms. The molecule has 9 heteroatoms. The zero-order valence-electron chi connectivity index (χ0n) is 15.0. The first-order valence-electron chi connectivity index (χ1n) is 8.95. The summed E-state index contributed by atoms with van der Waals surface area (Å²) in [5, 5.41) is 10.3. The SMILES string of the molecule is O=c1nc(CC2CC(O)C2)c2ccc(OC(F)(F)F)cc2n1-c1ccccc1Cl. The normalized spacial score (nSPS) is 19.2. The van der Waals surface area contributed by atoms with Gasteiger partial charge in [0, 0.05) is 11.5 Å². The number of fused-ring (bicyclic) bond motifs is 1. The Morgan fingerprint density at radius 3 is 2.59 bits per heavy atom. The van der Waals surface area contributed by atoms with Gasteiger partial charge in [-0.05, 0) is 49.4 Å². The number of nitrogens with zero attached hydrogens (tertiary/aromatic N) is 2. The minimum absolute atomic E-state index is 0.169. The van der Waals surface area contributed by atoms with Gasteiger partial charge >= 0.3 is 12.1 Å². The second kappa shape index (κ2) is 7.35. The van der Waals surface area contributed by atoms with Gasteiger partial charge in [-0.3, -0.25) is 4.57 Å². The minimum atomic E-state index is -4.86. The Kier molecular flexibility index (Phi) is 5.00. The predicted octanol–water partition coefficient (Wildman–Crippen LogP) is 4.25. The van der Waals surface area contributed by atoms with Gasteiger partial charge in [-0.25, -0.2) is 4.79 Å². The van der Waals surface area contributed by atoms with Crippen molar-refractivity contribution < 1.29 is 23.0 Å². The van der Waals surface area contributed by atoms with Crippen molar-refractivity contribution in [2.75, 3.05) is 0 Å². The number of aromatic nitrogens is 2. The van der Waals surface area contributed by atoms with Crippen LogP contribution in [0.2, 0.25) is 5.02 Å². The van der Waals surface area contributed by atoms with Crippen molar-refractivity contribution >= 4 is 22.5 Å². The maximum Gasteiger partial charge on any atom is 0.573 e. The third-order valence-corrected chi connectivity index (χ3v) is 5.28. The molecule has 1 heterocycles. The van der Waals surface area contributed by atoms with Gasteiger partial charge in [-0.1, -0.05) is 23.7 Å². The van der Waals surface area contributed by atoms with Crippen LogP contribution in [0.15, 0.2) is 47.3 Å². The molecule has 4 rings (SSSR count). The highest BCUT2D eigenvalue weighted by molar-refractivity contribution is 6.32. The number of alkyl halides is 3. The van der Waals surface area contributed by atoms with Crippen LogP contribution >= 0.6 is 11.6 Å². The molecule has 1 fully saturated rings. The smallest absolute Gasteiger partial charge is 0.406 e. The average molecular weight is 425 g/mol. The fourth-order valence-corrected chi connectivity index (χ4v) is 3.85. The van der Waals surface area contributed by atoms with Gasteiger partial charge in [-0.2, -0.15) is 4.98 Å². The molecule has 152 valence electrons. The van der Waals surface area contributed by atoms with Crippen molar-refractivity contribution in [3.05, 3.63) is 63.7 Å². The third kappa shape index (κ3) is 4.09. The summed E-state index contributed by atoms with van der Waals surface area (Å²) in [6.45, 7) is 0. The molecule has 0 aliphatic heterocycles. The van der Waals surface area contributed by atoms with E-state index in [-0.39, 0.29) is 22.6 Å². The fraction of sp³-hybridized carbons (Fsp3) is 0.300. The van der Waals surface area contributed by atoms with E-state index >= 15 is 0 Å². The first-order valence-corrected chi connectivity index (χ1v) is 9.33. The number of ether oxygens (including phenoxy) is 1. The first-order chi connectivity index (χ1) is 13.7. The van der Waals surface area contributed by atoms with Gasteiger partial charge in [0.15, 0.2) is 0 Å². The molecule has 29 heavy (non-hydrogen) atoms. The van der Waals surface area contributed by atoms with Gasteiger partial charge in [0.1, 0.15) is 5.75 Å². The fourth-order valence-electron chi connectivity index (χ4n) is 3.63. The molecular weight excluding hydrogens is 409 g/mol. The van der Waals surface area contributed by atoms with Crippen LogP contribution in [0.5, 0.6) is 5.75 Å². The van der Waals surface area contributed by atoms with E-state index in [1.807, 2.05) is 0 Å². The molecule has 0 saturated heterocycles. The van der Waals surface area contributed by atoms with Crippen LogP contribution in [0.1, 0.15) is 18.5 Å². The van der Waals surface area contributed by atoms with Crippen LogP contribution in [0.3, 0.4) is 0 Å². The van der Waals surface area contributed by atoms with Gasteiger partial charge < -0.3 is 9.84 Å². The summed E-state index contributed by atoms with van der Waals surface area (Å²) in [6, 6.07) is 10.3. The van der Waals surface area contributed by atoms with Gasteiger partial charge in [0.2, 0.25) is 0 Å². The summed E-state index contributed by atoms with van der Waals surface area (Å²) in [6.07, 6.45) is -3.56. The Bertz CT molecular complexity index is 1120. The van der Waals surface area contributed by atoms with Crippen molar-refractivity contribution in [2.24, 2.45) is 5.92 Å². The molecule has 1 aliphatic carbocycles. The van der Waals surface area contributed by atoms with E-state index in [4.69, 9.17) is 11.6 Å². The second-order valence-electron chi connectivity index (χ2n) is 7.05. The zero-order chi connectivity index (χ0) is 20.8. The molecule has 0 atom stereocenters. The molecule has 1 aromatic heterocycles. The molecule has 0 bridgehead atoms. The van der Waals surface area contributed by atoms with Crippen LogP contribution in [-0.2, 0) is 6.42 Å². The summed E-state index contributed by atoms with van der Waals surface area (Å²) < 4.78 is 43.3. The van der Waals surface area contributed by atoms with Crippen LogP contribution in [0.25, 0.3) is 16.6 Å². The third-order valence-electron chi connectivity index (χ3n) is 4.96. The largest absolute Gasteiger partial charge is 0.573 e. The Balaban J connectivity index is 1.91. The Hall–Kier alpha value is -2.58. The number of aliphatic hydroxyl groups is 1. The lowest BCUT2D eigenvalue weighted by molar-refractivity contribution is -0.274. The molecule has 5 nitrogen and oxygen atoms in total. The second-order valence-corrected chi connectivity index (χ2v) is 7.46. The molecule has 1 saturated carbocycles. The maximum absolute atomic E-state index is 12.8. The van der Waals surface area contributed by atoms with Crippen LogP contribution < -0.4 is 10.4 Å². The summed E-state index contributed by atoms with van der Waals surface area (Å²) in [5.74, 6) is -0.274. The van der Waals surface area contributed by atoms with Crippen LogP contribution in [-0.4, -0.2) is 27.1 Å². The number of rotatable bonds is 4. The molecule has 1 N–H and O–H groups in total. The lowest BCUT2D eigenvalue weighted by atomic mass is 9.79. The highest BCUT2D eigenvalue weighted by Crippen LogP contribution is 2.34. The predicted molar refractivity (Wildman–Crippen MR) is 101 cm³/mol. The molecule has 2 aromatic carbocycles. The van der Waals surface area contributed by atoms with E-state index in [0.29, 0.717) is 36.0 Å². The molecule has 0 amide bonds. The quantitative estimate of drug-likeness (QED) is 0.680. The van der Waals surface area contributed by atoms with Crippen molar-refractivity contribution in [3.8, 4) is 11.4 Å². The zero-order valence-corrected chi connectivity index (χ0v) is 15.7. The number of hydrogen-bond acceptors (Lipinski definition) is 4. The van der Waals surface area contributed by atoms with E-state index in [1.165, 1.54) is 16.7 Å². The van der Waals surface area contributed by atoms with E-state index in [1.54, 1.807) is 24.3 Å². The molecule has 1 aliphatic rings. The first kappa shape index (κ1) is 19.7. The topological polar surface area (TPSA) is 64.3 Å². The molecule has 0 radical (unpaired) electrons. The maximum atomic E-state index is 12.8. The summed E-state index contributed by atoms with van der Waals surface area (Å²) in [5.41, 5.74) is 0.356. The Morgan fingerprint density at radius 2 is 1.93 bits per heavy atom. The lowest BCUT2D eigenvalue weighted by Gasteiger charge is -2.31. The van der Waals surface area contributed by atoms with Gasteiger partial charge in [0.25, 0.3) is 0 Å². The number of halogens is 4. The summed E-state index contributed by atoms with van der Waals surface area (Å²) in [7, 11) is 0. The Morgan fingerprint density at radius 1 is 1.21 bits per heavy atom. The summed E-state index contributed by atoms with van der Waals surface area (Å²) >= 11 is 6.22. The van der Waals surface area contributed by atoms with Crippen LogP contribution in [0, 0.1) is 5.92 Å². The lowest BCUT2D eigenvalue weighted by Crippen LogP contribution is -2.31. The standard InChI is InChI=1S/C20H16ClF3N2O3/c21-15-3-1-2-4-17(15)26-18-10-13(29-20(22,23)24)5-6-14(18)16(25-19(26)28)9-11-7-12(27)8-11/h1-6,10-12,27H,7-9H2. The van der Waals surface area contributed by atoms with Crippen molar-refractivity contribution in [1.82, 2.24) is 9.55 Å². The average Bonchev–Trinajstić information content (AvgIpc) is 2.60. The van der Waals surface area contributed by atoms with Crippen molar-refractivity contribution in [1.29, 1.82) is 0 Å². The number of aliphatic hydroxyl groups excluding tert-OH is 1. The number of hydrogen-bond donors (Lipinski definition) is 1. The van der Waals surface area contributed by atoms with Gasteiger partial charge in [-0.15, -0.1) is 13.2 Å². The highest BCUT2D eigenvalue weighted by atomic mass is 35.5. The molecular formula is C20H16ClF3N2O3. The molecule has 0 unspecified atom stereocenters. The van der Waals surface area contributed by atoms with Gasteiger partial charge in [0.05, 0.1) is 28.0 Å². The number of benzene rings is 2.